The highest BCUT2D eigenvalue weighted by molar-refractivity contribution is 7.91. The van der Waals surface area contributed by atoms with Gasteiger partial charge in [0.25, 0.3) is 0 Å². The summed E-state index contributed by atoms with van der Waals surface area (Å²) in [4.78, 5) is 0.748. The molecule has 0 aromatic heterocycles. The molecular weight excluding hydrogens is 264 g/mol. The summed E-state index contributed by atoms with van der Waals surface area (Å²) >= 11 is -1.11. The van der Waals surface area contributed by atoms with E-state index in [-0.39, 0.29) is 6.10 Å². The van der Waals surface area contributed by atoms with Crippen LogP contribution in [0.5, 0.6) is 0 Å². The standard InChI is InChI=1S/C14H20O4S/c1-10(15)11-4-6-13(7-5-11)19(16)9-12-8-17-14(2,3)18-12/h4-7,10,12,15H,8-9H2,1-3H3/t10-,12?,19?/m0/s1. The van der Waals surface area contributed by atoms with Crippen LogP contribution < -0.4 is 0 Å². The van der Waals surface area contributed by atoms with Gasteiger partial charge in [0.2, 0.25) is 0 Å². The number of aliphatic hydroxyl groups is 1. The maximum Gasteiger partial charge on any atom is 0.163 e. The molecule has 19 heavy (non-hydrogen) atoms. The van der Waals surface area contributed by atoms with E-state index in [0.717, 1.165) is 10.5 Å². The van der Waals surface area contributed by atoms with Crippen molar-refractivity contribution in [2.75, 3.05) is 12.4 Å². The lowest BCUT2D eigenvalue weighted by Gasteiger charge is -2.18. The van der Waals surface area contributed by atoms with Gasteiger partial charge in [0.15, 0.2) is 10.7 Å². The molecule has 1 N–H and O–H groups in total. The first-order valence-electron chi connectivity index (χ1n) is 6.35. The van der Waals surface area contributed by atoms with Crippen molar-refractivity contribution in [2.24, 2.45) is 0 Å². The SMILES string of the molecule is C[C@H](O)c1ccc([S+]([O-])CC2COC(C)(C)O2)cc1. The molecular formula is C14H20O4S. The van der Waals surface area contributed by atoms with Gasteiger partial charge in [-0.1, -0.05) is 12.1 Å². The second-order valence-corrected chi connectivity index (χ2v) is 6.70. The summed E-state index contributed by atoms with van der Waals surface area (Å²) in [5, 5.41) is 9.43. The van der Waals surface area contributed by atoms with Crippen molar-refractivity contribution < 1.29 is 19.1 Å². The fraction of sp³-hybridized carbons (Fsp3) is 0.571. The lowest BCUT2D eigenvalue weighted by Crippen LogP contribution is -2.26. The molecule has 2 unspecified atom stereocenters. The van der Waals surface area contributed by atoms with Gasteiger partial charge in [-0.3, -0.25) is 0 Å². The highest BCUT2D eigenvalue weighted by Crippen LogP contribution is 2.25. The van der Waals surface area contributed by atoms with Gasteiger partial charge in [-0.2, -0.15) is 0 Å². The minimum atomic E-state index is -1.11. The van der Waals surface area contributed by atoms with Crippen LogP contribution in [0.4, 0.5) is 0 Å². The monoisotopic (exact) mass is 284 g/mol. The van der Waals surface area contributed by atoms with Crippen LogP contribution in [-0.2, 0) is 20.6 Å². The molecule has 1 aromatic carbocycles. The lowest BCUT2D eigenvalue weighted by atomic mass is 10.1. The molecule has 0 aliphatic carbocycles. The van der Waals surface area contributed by atoms with Gasteiger partial charge in [-0.05, 0) is 49.6 Å². The maximum atomic E-state index is 12.2. The van der Waals surface area contributed by atoms with Crippen LogP contribution in [0.3, 0.4) is 0 Å². The predicted octanol–water partition coefficient (Wildman–Crippen LogP) is 2.00. The van der Waals surface area contributed by atoms with E-state index in [4.69, 9.17) is 9.47 Å². The van der Waals surface area contributed by atoms with E-state index in [1.807, 2.05) is 13.8 Å². The van der Waals surface area contributed by atoms with Crippen LogP contribution in [0.1, 0.15) is 32.4 Å². The van der Waals surface area contributed by atoms with Crippen LogP contribution >= 0.6 is 0 Å². The van der Waals surface area contributed by atoms with Crippen molar-refractivity contribution in [1.29, 1.82) is 0 Å². The molecule has 0 amide bonds. The van der Waals surface area contributed by atoms with Gasteiger partial charge in [0.05, 0.1) is 12.7 Å². The van der Waals surface area contributed by atoms with E-state index in [0.29, 0.717) is 12.4 Å². The van der Waals surface area contributed by atoms with E-state index in [9.17, 15) is 9.66 Å². The molecule has 1 saturated heterocycles. The normalized spacial score (nSPS) is 25.2. The Kier molecular flexibility index (Phi) is 4.53. The molecule has 0 radical (unpaired) electrons. The fourth-order valence-electron chi connectivity index (χ4n) is 2.01. The Morgan fingerprint density at radius 1 is 1.42 bits per heavy atom. The number of aliphatic hydroxyl groups excluding tert-OH is 1. The van der Waals surface area contributed by atoms with E-state index in [1.165, 1.54) is 0 Å². The quantitative estimate of drug-likeness (QED) is 0.859. The Hall–Kier alpha value is -0.590. The average Bonchev–Trinajstić information content (AvgIpc) is 2.68. The maximum absolute atomic E-state index is 12.2. The first kappa shape index (κ1) is 14.8. The molecule has 1 fully saturated rings. The first-order chi connectivity index (χ1) is 8.87. The third-order valence-corrected chi connectivity index (χ3v) is 4.50. The van der Waals surface area contributed by atoms with Gasteiger partial charge < -0.3 is 19.1 Å². The van der Waals surface area contributed by atoms with Gasteiger partial charge in [0.1, 0.15) is 11.9 Å². The average molecular weight is 284 g/mol. The molecule has 1 aromatic rings. The van der Waals surface area contributed by atoms with Crippen LogP contribution in [0.25, 0.3) is 0 Å². The second kappa shape index (κ2) is 5.81. The molecule has 5 heteroatoms. The molecule has 106 valence electrons. The van der Waals surface area contributed by atoms with Crippen LogP contribution in [0.2, 0.25) is 0 Å². The van der Waals surface area contributed by atoms with Crippen LogP contribution in [0, 0.1) is 0 Å². The Bertz CT molecular complexity index is 416. The molecule has 1 aliphatic heterocycles. The predicted molar refractivity (Wildman–Crippen MR) is 73.3 cm³/mol. The summed E-state index contributed by atoms with van der Waals surface area (Å²) < 4.78 is 23.3. The Labute approximate surface area is 116 Å². The first-order valence-corrected chi connectivity index (χ1v) is 7.67. The summed E-state index contributed by atoms with van der Waals surface area (Å²) in [6.07, 6.45) is -0.637. The summed E-state index contributed by atoms with van der Waals surface area (Å²) in [6.45, 7) is 5.89. The van der Waals surface area contributed by atoms with E-state index >= 15 is 0 Å². The van der Waals surface area contributed by atoms with Crippen molar-refractivity contribution >= 4 is 11.2 Å². The summed E-state index contributed by atoms with van der Waals surface area (Å²) in [5.74, 6) is -0.150. The minimum Gasteiger partial charge on any atom is -0.611 e. The van der Waals surface area contributed by atoms with Crippen LogP contribution in [-0.4, -0.2) is 33.9 Å². The number of ether oxygens (including phenoxy) is 2. The van der Waals surface area contributed by atoms with Crippen molar-refractivity contribution in [1.82, 2.24) is 0 Å². The third-order valence-electron chi connectivity index (χ3n) is 3.03. The molecule has 3 atom stereocenters. The molecule has 4 nitrogen and oxygen atoms in total. The summed E-state index contributed by atoms with van der Waals surface area (Å²) in [5.41, 5.74) is 0.822. The lowest BCUT2D eigenvalue weighted by molar-refractivity contribution is -0.135. The fourth-order valence-corrected chi connectivity index (χ4v) is 3.14. The molecule has 1 aliphatic rings. The number of rotatable bonds is 4. The van der Waals surface area contributed by atoms with Gasteiger partial charge in [0, 0.05) is 0 Å². The zero-order valence-electron chi connectivity index (χ0n) is 11.5. The highest BCUT2D eigenvalue weighted by Gasteiger charge is 2.35. The largest absolute Gasteiger partial charge is 0.611 e. The van der Waals surface area contributed by atoms with E-state index in [1.54, 1.807) is 31.2 Å². The van der Waals surface area contributed by atoms with Gasteiger partial charge >= 0.3 is 0 Å². The topological polar surface area (TPSA) is 61.8 Å². The molecule has 2 rings (SSSR count). The summed E-state index contributed by atoms with van der Waals surface area (Å²) in [7, 11) is 0. The van der Waals surface area contributed by atoms with Gasteiger partial charge in [-0.25, -0.2) is 0 Å². The molecule has 0 bridgehead atoms. The zero-order chi connectivity index (χ0) is 14.0. The van der Waals surface area contributed by atoms with Crippen molar-refractivity contribution in [3.8, 4) is 0 Å². The number of benzene rings is 1. The van der Waals surface area contributed by atoms with E-state index in [2.05, 4.69) is 0 Å². The molecule has 0 saturated carbocycles. The Morgan fingerprint density at radius 3 is 2.53 bits per heavy atom. The van der Waals surface area contributed by atoms with Crippen molar-refractivity contribution in [2.45, 2.75) is 43.7 Å². The summed E-state index contributed by atoms with van der Waals surface area (Å²) in [6, 6.07) is 7.18. The minimum absolute atomic E-state index is 0.132. The zero-order valence-corrected chi connectivity index (χ0v) is 12.3. The van der Waals surface area contributed by atoms with Gasteiger partial charge in [-0.15, -0.1) is 0 Å². The Morgan fingerprint density at radius 2 is 2.05 bits per heavy atom. The van der Waals surface area contributed by atoms with E-state index < -0.39 is 23.1 Å². The van der Waals surface area contributed by atoms with Crippen molar-refractivity contribution in [3.05, 3.63) is 29.8 Å². The number of hydrogen-bond donors (Lipinski definition) is 1. The molecule has 0 spiro atoms. The Balaban J connectivity index is 1.94. The smallest absolute Gasteiger partial charge is 0.163 e. The number of hydrogen-bond acceptors (Lipinski definition) is 4. The van der Waals surface area contributed by atoms with Crippen molar-refractivity contribution in [3.63, 3.8) is 0 Å². The highest BCUT2D eigenvalue weighted by atomic mass is 32.2. The third kappa shape index (κ3) is 3.94. The molecule has 1 heterocycles. The second-order valence-electron chi connectivity index (χ2n) is 5.21. The van der Waals surface area contributed by atoms with Crippen LogP contribution in [0.15, 0.2) is 29.2 Å².